The lowest BCUT2D eigenvalue weighted by molar-refractivity contribution is -0.166. The molecule has 6 heteroatoms. The minimum Gasteiger partial charge on any atom is -0.462 e. The van der Waals surface area contributed by atoms with Crippen molar-refractivity contribution < 1.29 is 28.6 Å². The lowest BCUT2D eigenvalue weighted by atomic mass is 10.1. The average molecular weight is 980 g/mol. The molecule has 0 spiro atoms. The summed E-state index contributed by atoms with van der Waals surface area (Å²) in [5.74, 6) is -1.12. The first-order chi connectivity index (χ1) is 35.0. The van der Waals surface area contributed by atoms with Crippen LogP contribution in [0.2, 0.25) is 0 Å². The van der Waals surface area contributed by atoms with Crippen molar-refractivity contribution in [2.24, 2.45) is 0 Å². The van der Waals surface area contributed by atoms with Crippen molar-refractivity contribution in [2.75, 3.05) is 13.2 Å². The van der Waals surface area contributed by atoms with E-state index in [1.165, 1.54) is 89.9 Å². The highest BCUT2D eigenvalue weighted by atomic mass is 16.6. The van der Waals surface area contributed by atoms with Crippen molar-refractivity contribution in [3.05, 3.63) is 146 Å². The number of hydrogen-bond donors (Lipinski definition) is 0. The van der Waals surface area contributed by atoms with Gasteiger partial charge in [-0.05, 0) is 122 Å². The SMILES string of the molecule is CC/C=C\C/C=C\C/C=C\C/C=C\C/C=C\C/C=C\CCC(=O)OC[C@H](COC(=O)CCCCCCCCC/C=C\CCCCCC)OC(=O)CC/C=C\C/C=C\C/C=C\C/C=C\C/C=C\CCCCC. The van der Waals surface area contributed by atoms with E-state index in [-0.39, 0.29) is 38.0 Å². The standard InChI is InChI=1S/C65H102O6/c1-4-7-10-13-16-19-22-25-28-30-32-34-37-40-43-46-49-52-55-58-64(67)70-61-62(60-69-63(66)57-54-51-48-45-42-39-36-27-24-21-18-15-12-9-6-3)71-65(68)59-56-53-50-47-44-41-38-35-33-31-29-26-23-20-17-14-11-8-5-2/h7,10,16-17,19-21,24-26,28-29,32-35,40-41,43-44,49-50,52-53,62H,4-6,8-9,11-15,18,22-23,27,30-31,36-39,42,45-48,51,54-61H2,1-3H3/b10-7-,19-16-,20-17-,24-21-,28-25-,29-26-,34-32-,35-33-,43-40-,44-41-,52-49-,53-50-/t62-/m0/s1. The molecule has 0 N–H and O–H groups in total. The highest BCUT2D eigenvalue weighted by molar-refractivity contribution is 5.71. The Balaban J connectivity index is 4.65. The Morgan fingerprint density at radius 2 is 0.577 bits per heavy atom. The van der Waals surface area contributed by atoms with Crippen LogP contribution in [0.3, 0.4) is 0 Å². The van der Waals surface area contributed by atoms with Gasteiger partial charge in [-0.25, -0.2) is 0 Å². The fourth-order valence-electron chi connectivity index (χ4n) is 7.09. The molecule has 0 aromatic heterocycles. The Morgan fingerprint density at radius 3 is 0.986 bits per heavy atom. The highest BCUT2D eigenvalue weighted by Crippen LogP contribution is 2.12. The summed E-state index contributed by atoms with van der Waals surface area (Å²) >= 11 is 0. The molecule has 0 bridgehead atoms. The highest BCUT2D eigenvalue weighted by Gasteiger charge is 2.19. The molecule has 0 radical (unpaired) electrons. The molecule has 0 aliphatic rings. The van der Waals surface area contributed by atoms with Gasteiger partial charge in [0.05, 0.1) is 0 Å². The molecule has 6 nitrogen and oxygen atoms in total. The lowest BCUT2D eigenvalue weighted by Crippen LogP contribution is -2.30. The number of hydrogen-bond acceptors (Lipinski definition) is 6. The third-order valence-electron chi connectivity index (χ3n) is 11.3. The van der Waals surface area contributed by atoms with E-state index in [2.05, 4.69) is 142 Å². The van der Waals surface area contributed by atoms with E-state index in [1.54, 1.807) is 0 Å². The van der Waals surface area contributed by atoms with Gasteiger partial charge in [-0.1, -0.05) is 231 Å². The van der Waals surface area contributed by atoms with Crippen LogP contribution in [-0.2, 0) is 28.6 Å². The van der Waals surface area contributed by atoms with Crippen LogP contribution >= 0.6 is 0 Å². The fourth-order valence-corrected chi connectivity index (χ4v) is 7.09. The number of carbonyl (C=O) groups excluding carboxylic acids is 3. The summed E-state index contributed by atoms with van der Waals surface area (Å²) in [6, 6.07) is 0. The van der Waals surface area contributed by atoms with Gasteiger partial charge in [0.1, 0.15) is 13.2 Å². The van der Waals surface area contributed by atoms with Crippen LogP contribution in [0.25, 0.3) is 0 Å². The molecule has 0 unspecified atom stereocenters. The predicted molar refractivity (Wildman–Crippen MR) is 306 cm³/mol. The Hall–Kier alpha value is -4.71. The van der Waals surface area contributed by atoms with E-state index in [1.807, 2.05) is 24.3 Å². The third kappa shape index (κ3) is 56.1. The van der Waals surface area contributed by atoms with Crippen LogP contribution in [0.1, 0.15) is 226 Å². The summed E-state index contributed by atoms with van der Waals surface area (Å²) in [7, 11) is 0. The molecule has 0 aromatic rings. The third-order valence-corrected chi connectivity index (χ3v) is 11.3. The van der Waals surface area contributed by atoms with Gasteiger partial charge in [-0.15, -0.1) is 0 Å². The Bertz CT molecular complexity index is 1590. The number of rotatable bonds is 49. The minimum absolute atomic E-state index is 0.139. The molecule has 0 heterocycles. The van der Waals surface area contributed by atoms with E-state index >= 15 is 0 Å². The summed E-state index contributed by atoms with van der Waals surface area (Å²) in [6.45, 7) is 6.34. The van der Waals surface area contributed by atoms with E-state index in [9.17, 15) is 14.4 Å². The summed E-state index contributed by atoms with van der Waals surface area (Å²) in [6.07, 6.45) is 82.8. The van der Waals surface area contributed by atoms with Gasteiger partial charge in [0.15, 0.2) is 6.10 Å². The van der Waals surface area contributed by atoms with Gasteiger partial charge in [0.25, 0.3) is 0 Å². The number of allylic oxidation sites excluding steroid dienone is 24. The molecule has 0 aliphatic heterocycles. The Kier molecular flexibility index (Phi) is 54.0. The topological polar surface area (TPSA) is 78.9 Å². The number of carbonyl (C=O) groups is 3. The van der Waals surface area contributed by atoms with E-state index < -0.39 is 12.1 Å². The molecule has 398 valence electrons. The quantitative estimate of drug-likeness (QED) is 0.0262. The second kappa shape index (κ2) is 57.9. The largest absolute Gasteiger partial charge is 0.462 e. The zero-order valence-corrected chi connectivity index (χ0v) is 45.4. The molecule has 0 aromatic carbocycles. The van der Waals surface area contributed by atoms with Gasteiger partial charge in [0.2, 0.25) is 0 Å². The van der Waals surface area contributed by atoms with Gasteiger partial charge in [0, 0.05) is 19.3 Å². The molecule has 71 heavy (non-hydrogen) atoms. The summed E-state index contributed by atoms with van der Waals surface area (Å²) in [5, 5.41) is 0. The van der Waals surface area contributed by atoms with Crippen LogP contribution in [-0.4, -0.2) is 37.2 Å². The average Bonchev–Trinajstić information content (AvgIpc) is 3.37. The van der Waals surface area contributed by atoms with Crippen LogP contribution in [0.5, 0.6) is 0 Å². The number of unbranched alkanes of at least 4 members (excludes halogenated alkanes) is 14. The fraction of sp³-hybridized carbons (Fsp3) is 0.585. The molecule has 0 rings (SSSR count). The summed E-state index contributed by atoms with van der Waals surface area (Å²) in [4.78, 5) is 38.1. The normalized spacial score (nSPS) is 13.2. The van der Waals surface area contributed by atoms with Crippen molar-refractivity contribution in [3.63, 3.8) is 0 Å². The van der Waals surface area contributed by atoms with Crippen LogP contribution < -0.4 is 0 Å². The zero-order valence-electron chi connectivity index (χ0n) is 45.4. The van der Waals surface area contributed by atoms with Crippen molar-refractivity contribution in [1.82, 2.24) is 0 Å². The first-order valence-corrected chi connectivity index (χ1v) is 28.3. The van der Waals surface area contributed by atoms with Gasteiger partial charge >= 0.3 is 17.9 Å². The maximum Gasteiger partial charge on any atom is 0.306 e. The van der Waals surface area contributed by atoms with E-state index in [0.29, 0.717) is 19.3 Å². The Labute approximate surface area is 436 Å². The van der Waals surface area contributed by atoms with Gasteiger partial charge < -0.3 is 14.2 Å². The smallest absolute Gasteiger partial charge is 0.306 e. The van der Waals surface area contributed by atoms with Crippen molar-refractivity contribution in [3.8, 4) is 0 Å². The maximum absolute atomic E-state index is 12.8. The first-order valence-electron chi connectivity index (χ1n) is 28.3. The van der Waals surface area contributed by atoms with E-state index in [0.717, 1.165) is 83.5 Å². The van der Waals surface area contributed by atoms with Crippen molar-refractivity contribution in [1.29, 1.82) is 0 Å². The van der Waals surface area contributed by atoms with Gasteiger partial charge in [-0.3, -0.25) is 14.4 Å². The lowest BCUT2D eigenvalue weighted by Gasteiger charge is -2.18. The first kappa shape index (κ1) is 66.3. The zero-order chi connectivity index (χ0) is 51.4. The molecule has 0 aliphatic carbocycles. The molecular formula is C65H102O6. The molecule has 0 amide bonds. The molecule has 1 atom stereocenters. The van der Waals surface area contributed by atoms with Crippen molar-refractivity contribution in [2.45, 2.75) is 232 Å². The molecule has 0 fully saturated rings. The monoisotopic (exact) mass is 979 g/mol. The van der Waals surface area contributed by atoms with Gasteiger partial charge in [-0.2, -0.15) is 0 Å². The maximum atomic E-state index is 12.8. The molecule has 0 saturated heterocycles. The minimum atomic E-state index is -0.857. The summed E-state index contributed by atoms with van der Waals surface area (Å²) in [5.41, 5.74) is 0. The van der Waals surface area contributed by atoms with E-state index in [4.69, 9.17) is 14.2 Å². The van der Waals surface area contributed by atoms with Crippen molar-refractivity contribution >= 4 is 17.9 Å². The van der Waals surface area contributed by atoms with Crippen LogP contribution in [0, 0.1) is 0 Å². The predicted octanol–water partition coefficient (Wildman–Crippen LogP) is 19.2. The second-order valence-corrected chi connectivity index (χ2v) is 18.1. The van der Waals surface area contributed by atoms with Crippen LogP contribution in [0.4, 0.5) is 0 Å². The number of esters is 3. The molecule has 0 saturated carbocycles. The Morgan fingerprint density at radius 1 is 0.296 bits per heavy atom. The summed E-state index contributed by atoms with van der Waals surface area (Å²) < 4.78 is 16.7. The second-order valence-electron chi connectivity index (χ2n) is 18.1. The molecular weight excluding hydrogens is 877 g/mol. The number of ether oxygens (including phenoxy) is 3. The van der Waals surface area contributed by atoms with Crippen LogP contribution in [0.15, 0.2) is 146 Å².